The van der Waals surface area contributed by atoms with Gasteiger partial charge in [0.15, 0.2) is 17.5 Å². The molecule has 3 heterocycles. The van der Waals surface area contributed by atoms with Crippen molar-refractivity contribution in [3.63, 3.8) is 0 Å². The number of carbonyl (C=O) groups is 1. The first-order valence-corrected chi connectivity index (χ1v) is 11.5. The molecule has 200 valence electrons. The largest absolute Gasteiger partial charge is 0.452 e. The molecule has 0 fully saturated rings. The number of halogens is 2. The molecule has 0 bridgehead atoms. The Hall–Kier alpha value is -5.13. The number of nitrogens with two attached hydrogens (primary N) is 2. The van der Waals surface area contributed by atoms with E-state index in [2.05, 4.69) is 20.1 Å². The van der Waals surface area contributed by atoms with E-state index in [4.69, 9.17) is 16.2 Å². The van der Waals surface area contributed by atoms with E-state index in [0.29, 0.717) is 22.6 Å². The topological polar surface area (TPSA) is 138 Å². The fourth-order valence-corrected chi connectivity index (χ4v) is 4.10. The van der Waals surface area contributed by atoms with Crippen molar-refractivity contribution in [2.45, 2.75) is 20.4 Å². The van der Waals surface area contributed by atoms with Gasteiger partial charge in [-0.3, -0.25) is 4.90 Å². The number of imidazole rings is 1. The number of aromatic nitrogens is 5. The summed E-state index contributed by atoms with van der Waals surface area (Å²) in [5.41, 5.74) is 14.0. The van der Waals surface area contributed by atoms with Crippen LogP contribution in [0.4, 0.5) is 30.9 Å². The predicted octanol–water partition coefficient (Wildman–Crippen LogP) is 4.63. The summed E-state index contributed by atoms with van der Waals surface area (Å²) >= 11 is 0. The average molecular weight is 533 g/mol. The van der Waals surface area contributed by atoms with Crippen molar-refractivity contribution >= 4 is 28.9 Å². The second-order valence-corrected chi connectivity index (χ2v) is 8.28. The number of nitrogen functional groups attached to an aromatic ring is 2. The van der Waals surface area contributed by atoms with E-state index in [1.54, 1.807) is 47.1 Å². The van der Waals surface area contributed by atoms with Gasteiger partial charge in [-0.2, -0.15) is 5.10 Å². The lowest BCUT2D eigenvalue weighted by Crippen LogP contribution is -2.32. The molecule has 0 radical (unpaired) electrons. The van der Waals surface area contributed by atoms with Crippen LogP contribution in [0.3, 0.4) is 0 Å². The van der Waals surface area contributed by atoms with Crippen molar-refractivity contribution in [1.82, 2.24) is 24.6 Å². The Morgan fingerprint density at radius 2 is 1.54 bits per heavy atom. The quantitative estimate of drug-likeness (QED) is 0.323. The molecule has 0 aliphatic heterocycles. The molecule has 10 nitrogen and oxygen atoms in total. The molecule has 1 amide bonds. The standard InChI is InChI=1S/C26H22F2N8O2.CH4/c1-38-26(37)35(14-16-8-3-5-10-18(16)28)22-23(29)33-25(34-24(22)30)21-19-11-6-12-31-36(19)20(32-21)13-15-7-2-4-9-17(15)27;/h2-12H,13-14H2,1H3,(H4,29,30,33,34);1H4. The molecule has 0 saturated heterocycles. The summed E-state index contributed by atoms with van der Waals surface area (Å²) in [4.78, 5) is 27.0. The van der Waals surface area contributed by atoms with E-state index in [1.807, 2.05) is 0 Å². The van der Waals surface area contributed by atoms with Gasteiger partial charge in [-0.05, 0) is 29.8 Å². The Bertz CT molecular complexity index is 1630. The third-order valence-electron chi connectivity index (χ3n) is 5.89. The summed E-state index contributed by atoms with van der Waals surface area (Å²) in [6, 6.07) is 15.8. The molecule has 0 atom stereocenters. The monoisotopic (exact) mass is 532 g/mol. The predicted molar refractivity (Wildman–Crippen MR) is 144 cm³/mol. The van der Waals surface area contributed by atoms with Crippen molar-refractivity contribution < 1.29 is 18.3 Å². The number of carbonyl (C=O) groups excluding carboxylic acids is 1. The number of anilines is 3. The number of amides is 1. The van der Waals surface area contributed by atoms with Crippen LogP contribution in [0.1, 0.15) is 24.4 Å². The molecule has 0 aliphatic carbocycles. The smallest absolute Gasteiger partial charge is 0.414 e. The molecule has 4 N–H and O–H groups in total. The summed E-state index contributed by atoms with van der Waals surface area (Å²) in [7, 11) is 1.18. The number of rotatable bonds is 6. The zero-order chi connectivity index (χ0) is 26.8. The Morgan fingerprint density at radius 3 is 2.15 bits per heavy atom. The Labute approximate surface area is 222 Å². The molecule has 0 aliphatic rings. The van der Waals surface area contributed by atoms with Crippen LogP contribution < -0.4 is 16.4 Å². The van der Waals surface area contributed by atoms with Crippen molar-refractivity contribution in [3.8, 4) is 11.5 Å². The maximum absolute atomic E-state index is 14.3. The average Bonchev–Trinajstić information content (AvgIpc) is 3.28. The van der Waals surface area contributed by atoms with E-state index in [0.717, 1.165) is 4.90 Å². The minimum atomic E-state index is -0.827. The van der Waals surface area contributed by atoms with Gasteiger partial charge in [-0.15, -0.1) is 0 Å². The van der Waals surface area contributed by atoms with Gasteiger partial charge < -0.3 is 16.2 Å². The minimum Gasteiger partial charge on any atom is -0.452 e. The van der Waals surface area contributed by atoms with Gasteiger partial charge >= 0.3 is 6.09 Å². The van der Waals surface area contributed by atoms with Gasteiger partial charge in [0.2, 0.25) is 0 Å². The maximum Gasteiger partial charge on any atom is 0.414 e. The lowest BCUT2D eigenvalue weighted by Gasteiger charge is -2.23. The number of methoxy groups -OCH3 is 1. The second-order valence-electron chi connectivity index (χ2n) is 8.28. The third kappa shape index (κ3) is 5.17. The lowest BCUT2D eigenvalue weighted by atomic mass is 10.1. The van der Waals surface area contributed by atoms with Crippen LogP contribution in [0, 0.1) is 11.6 Å². The second kappa shape index (κ2) is 11.1. The first-order chi connectivity index (χ1) is 18.4. The third-order valence-corrected chi connectivity index (χ3v) is 5.89. The van der Waals surface area contributed by atoms with Crippen LogP contribution in [0.15, 0.2) is 66.9 Å². The normalized spacial score (nSPS) is 10.7. The number of fused-ring (bicyclic) bond motifs is 1. The fourth-order valence-electron chi connectivity index (χ4n) is 4.10. The molecule has 2 aromatic carbocycles. The van der Waals surface area contributed by atoms with E-state index < -0.39 is 11.9 Å². The number of hydrogen-bond donors (Lipinski definition) is 2. The maximum atomic E-state index is 14.3. The van der Waals surface area contributed by atoms with Crippen molar-refractivity contribution in [3.05, 3.63) is 95.4 Å². The van der Waals surface area contributed by atoms with Crippen LogP contribution >= 0.6 is 0 Å². The lowest BCUT2D eigenvalue weighted by molar-refractivity contribution is 0.178. The number of ether oxygens (including phenoxy) is 1. The molecule has 0 spiro atoms. The van der Waals surface area contributed by atoms with E-state index >= 15 is 0 Å². The van der Waals surface area contributed by atoms with Crippen molar-refractivity contribution in [2.24, 2.45) is 0 Å². The summed E-state index contributed by atoms with van der Waals surface area (Å²) < 4.78 is 35.1. The number of benzene rings is 2. The molecular weight excluding hydrogens is 506 g/mol. The van der Waals surface area contributed by atoms with Crippen molar-refractivity contribution in [1.29, 1.82) is 0 Å². The fraction of sp³-hybridized carbons (Fsp3) is 0.148. The molecule has 12 heteroatoms. The van der Waals surface area contributed by atoms with Gasteiger partial charge in [0.05, 0.1) is 19.2 Å². The van der Waals surface area contributed by atoms with E-state index in [9.17, 15) is 13.6 Å². The minimum absolute atomic E-state index is 0. The highest BCUT2D eigenvalue weighted by molar-refractivity contribution is 5.95. The van der Waals surface area contributed by atoms with Crippen LogP contribution in [-0.4, -0.2) is 37.8 Å². The van der Waals surface area contributed by atoms with Crippen LogP contribution in [0.25, 0.3) is 17.0 Å². The molecule has 0 saturated carbocycles. The zero-order valence-electron chi connectivity index (χ0n) is 20.2. The Morgan fingerprint density at radius 1 is 0.923 bits per heavy atom. The summed E-state index contributed by atoms with van der Waals surface area (Å²) in [6.45, 7) is -0.222. The zero-order valence-corrected chi connectivity index (χ0v) is 20.2. The Kier molecular flexibility index (Phi) is 7.65. The van der Waals surface area contributed by atoms with E-state index in [1.165, 1.54) is 31.4 Å². The SMILES string of the molecule is C.COC(=O)N(Cc1ccccc1F)c1c(N)nc(-c2nc(Cc3ccccc3F)n3ncccc23)nc1N. The Balaban J connectivity index is 0.00000353. The molecule has 5 aromatic rings. The van der Waals surface area contributed by atoms with Gasteiger partial charge in [0.25, 0.3) is 0 Å². The van der Waals surface area contributed by atoms with Gasteiger partial charge in [-0.25, -0.2) is 33.0 Å². The van der Waals surface area contributed by atoms with Crippen molar-refractivity contribution in [2.75, 3.05) is 23.5 Å². The van der Waals surface area contributed by atoms with Crippen LogP contribution in [0.2, 0.25) is 0 Å². The first-order valence-electron chi connectivity index (χ1n) is 11.5. The first kappa shape index (κ1) is 26.9. The molecule has 39 heavy (non-hydrogen) atoms. The highest BCUT2D eigenvalue weighted by Crippen LogP contribution is 2.33. The molecule has 0 unspecified atom stereocenters. The highest BCUT2D eigenvalue weighted by atomic mass is 19.1. The summed E-state index contributed by atoms with van der Waals surface area (Å²) in [5.74, 6) is -0.653. The van der Waals surface area contributed by atoms with Crippen LogP contribution in [0.5, 0.6) is 0 Å². The van der Waals surface area contributed by atoms with Gasteiger partial charge in [-0.1, -0.05) is 43.8 Å². The van der Waals surface area contributed by atoms with E-state index in [-0.39, 0.29) is 54.9 Å². The number of nitrogens with zero attached hydrogens (tertiary/aromatic N) is 6. The summed E-state index contributed by atoms with van der Waals surface area (Å²) in [6.07, 6.45) is 0.909. The molecule has 5 rings (SSSR count). The van der Waals surface area contributed by atoms with Gasteiger partial charge in [0.1, 0.15) is 28.8 Å². The highest BCUT2D eigenvalue weighted by Gasteiger charge is 2.27. The van der Waals surface area contributed by atoms with Crippen LogP contribution in [-0.2, 0) is 17.7 Å². The molecule has 3 aromatic heterocycles. The molecular formula is C27H26F2N8O2. The number of hydrogen-bond acceptors (Lipinski definition) is 8. The van der Waals surface area contributed by atoms with Gasteiger partial charge in [0, 0.05) is 18.2 Å². The summed E-state index contributed by atoms with van der Waals surface area (Å²) in [5, 5.41) is 4.34.